The molecule has 3 rings (SSSR count). The van der Waals surface area contributed by atoms with Crippen LogP contribution in [0.3, 0.4) is 0 Å². The Morgan fingerprint density at radius 2 is 2.14 bits per heavy atom. The summed E-state index contributed by atoms with van der Waals surface area (Å²) in [5.41, 5.74) is 10.1. The van der Waals surface area contributed by atoms with Crippen LogP contribution in [0.25, 0.3) is 0 Å². The summed E-state index contributed by atoms with van der Waals surface area (Å²) in [5, 5.41) is 3.22. The van der Waals surface area contributed by atoms with Crippen LogP contribution in [-0.2, 0) is 4.74 Å². The van der Waals surface area contributed by atoms with E-state index in [4.69, 9.17) is 26.8 Å². The Balaban J connectivity index is 1.51. The number of allylic oxidation sites excluding steroid dienone is 5. The van der Waals surface area contributed by atoms with Gasteiger partial charge in [0, 0.05) is 6.54 Å². The second-order valence-corrected chi connectivity index (χ2v) is 9.17. The van der Waals surface area contributed by atoms with Crippen LogP contribution in [0.15, 0.2) is 53.4 Å². The molecule has 35 heavy (non-hydrogen) atoms. The Morgan fingerprint density at radius 1 is 1.40 bits per heavy atom. The van der Waals surface area contributed by atoms with Gasteiger partial charge in [0.2, 0.25) is 5.88 Å². The Kier molecular flexibility index (Phi) is 9.81. The van der Waals surface area contributed by atoms with E-state index in [-0.39, 0.29) is 28.2 Å². The lowest BCUT2D eigenvalue weighted by Gasteiger charge is -2.33. The average Bonchev–Trinajstić information content (AvgIpc) is 2.87. The van der Waals surface area contributed by atoms with Gasteiger partial charge in [-0.2, -0.15) is 0 Å². The second kappa shape index (κ2) is 12.8. The molecule has 190 valence electrons. The van der Waals surface area contributed by atoms with Gasteiger partial charge < -0.3 is 20.5 Å². The first-order valence-corrected chi connectivity index (χ1v) is 12.7. The number of nitrogens with two attached hydrogens (primary N) is 1. The highest BCUT2D eigenvalue weighted by atomic mass is 35.5. The third-order valence-electron chi connectivity index (χ3n) is 6.49. The molecule has 2 aliphatic heterocycles. The van der Waals surface area contributed by atoms with Crippen molar-refractivity contribution in [1.82, 2.24) is 15.2 Å². The van der Waals surface area contributed by atoms with Gasteiger partial charge in [-0.15, -0.1) is 0 Å². The topological polar surface area (TPSA) is 89.7 Å². The van der Waals surface area contributed by atoms with Gasteiger partial charge in [-0.3, -0.25) is 9.69 Å². The van der Waals surface area contributed by atoms with Crippen LogP contribution in [0.2, 0.25) is 5.02 Å². The number of pyridine rings is 1. The standard InChI is InChI=1S/C27H37ClN4O3/c1-5-19(6-2)22-13-21(35-17-20(22)7-3)16-32-11-9-18(10-12-32)15-30-26(33)24-14-23(29)25(28)27(31-24)34-8-4/h5-6,13-14,18H,1,7-12,15-17H2,2-4H3,(H2,29,31)(H,30,33). The molecule has 3 N–H and O–H groups in total. The SMILES string of the molecule is C=CC(=CC)C1=C(CC)COC(CN2CCC(CNC(=O)c3cc(N)c(Cl)c(OCC)n3)CC2)=C1. The number of nitrogens with one attached hydrogen (secondary N) is 1. The third-order valence-corrected chi connectivity index (χ3v) is 6.87. The number of ether oxygens (including phenoxy) is 2. The first kappa shape index (κ1) is 26.8. The first-order chi connectivity index (χ1) is 16.9. The van der Waals surface area contributed by atoms with E-state index in [2.05, 4.69) is 40.9 Å². The lowest BCUT2D eigenvalue weighted by atomic mass is 9.95. The van der Waals surface area contributed by atoms with Gasteiger partial charge in [-0.05, 0) is 81.0 Å². The molecule has 2 aliphatic rings. The maximum atomic E-state index is 12.6. The zero-order valence-electron chi connectivity index (χ0n) is 21.0. The Bertz CT molecular complexity index is 1020. The number of amides is 1. The van der Waals surface area contributed by atoms with Gasteiger partial charge in [0.25, 0.3) is 5.91 Å². The van der Waals surface area contributed by atoms with E-state index < -0.39 is 0 Å². The number of hydrogen-bond donors (Lipinski definition) is 2. The van der Waals surface area contributed by atoms with Crippen LogP contribution in [0.4, 0.5) is 5.69 Å². The zero-order chi connectivity index (χ0) is 25.4. The summed E-state index contributed by atoms with van der Waals surface area (Å²) in [6, 6.07) is 1.48. The number of aromatic nitrogens is 1. The highest BCUT2D eigenvalue weighted by Crippen LogP contribution is 2.30. The van der Waals surface area contributed by atoms with Gasteiger partial charge in [-0.25, -0.2) is 4.98 Å². The minimum absolute atomic E-state index is 0.186. The van der Waals surface area contributed by atoms with E-state index >= 15 is 0 Å². The van der Waals surface area contributed by atoms with E-state index in [9.17, 15) is 4.79 Å². The van der Waals surface area contributed by atoms with Crippen molar-refractivity contribution in [3.05, 3.63) is 64.1 Å². The smallest absolute Gasteiger partial charge is 0.270 e. The number of piperidine rings is 1. The van der Waals surface area contributed by atoms with E-state index in [0.29, 0.717) is 25.7 Å². The van der Waals surface area contributed by atoms with E-state index in [0.717, 1.165) is 50.2 Å². The number of nitrogen functional groups attached to an aromatic ring is 1. The summed E-state index contributed by atoms with van der Waals surface area (Å²) in [4.78, 5) is 19.3. The molecule has 8 heteroatoms. The number of hydrogen-bond acceptors (Lipinski definition) is 6. The molecule has 0 atom stereocenters. The van der Waals surface area contributed by atoms with Gasteiger partial charge >= 0.3 is 0 Å². The number of carbonyl (C=O) groups excluding carboxylic acids is 1. The molecule has 1 amide bonds. The molecule has 0 bridgehead atoms. The quantitative estimate of drug-likeness (QED) is 0.443. The van der Waals surface area contributed by atoms with Crippen molar-refractivity contribution in [2.45, 2.75) is 40.0 Å². The van der Waals surface area contributed by atoms with Gasteiger partial charge in [0.1, 0.15) is 23.1 Å². The monoisotopic (exact) mass is 500 g/mol. The van der Waals surface area contributed by atoms with Crippen molar-refractivity contribution in [3.63, 3.8) is 0 Å². The fourth-order valence-corrected chi connectivity index (χ4v) is 4.54. The summed E-state index contributed by atoms with van der Waals surface area (Å²) in [6.07, 6.45) is 9.16. The maximum absolute atomic E-state index is 12.6. The summed E-state index contributed by atoms with van der Waals surface area (Å²) in [5.74, 6) is 1.32. The predicted octanol–water partition coefficient (Wildman–Crippen LogP) is 4.91. The van der Waals surface area contributed by atoms with Crippen LogP contribution in [0, 0.1) is 5.92 Å². The molecule has 1 aromatic rings. The van der Waals surface area contributed by atoms with Gasteiger partial charge in [0.05, 0.1) is 18.8 Å². The Labute approximate surface area is 213 Å². The molecular weight excluding hydrogens is 464 g/mol. The van der Waals surface area contributed by atoms with Crippen molar-refractivity contribution < 1.29 is 14.3 Å². The normalized spacial score (nSPS) is 17.6. The third kappa shape index (κ3) is 6.89. The Hall–Kier alpha value is -2.77. The molecule has 0 aliphatic carbocycles. The number of carbonyl (C=O) groups is 1. The molecule has 0 spiro atoms. The van der Waals surface area contributed by atoms with Crippen LogP contribution in [-0.4, -0.2) is 55.2 Å². The second-order valence-electron chi connectivity index (χ2n) is 8.80. The number of halogens is 1. The fraction of sp³-hybridized carbons (Fsp3) is 0.481. The minimum Gasteiger partial charge on any atom is -0.492 e. The van der Waals surface area contributed by atoms with Crippen molar-refractivity contribution in [2.24, 2.45) is 5.92 Å². The molecule has 0 unspecified atom stereocenters. The van der Waals surface area contributed by atoms with Crippen LogP contribution < -0.4 is 15.8 Å². The lowest BCUT2D eigenvalue weighted by molar-refractivity contribution is 0.0928. The highest BCUT2D eigenvalue weighted by molar-refractivity contribution is 6.34. The minimum atomic E-state index is -0.273. The number of likely N-dealkylation sites (tertiary alicyclic amines) is 1. The molecule has 1 saturated heterocycles. The molecule has 7 nitrogen and oxygen atoms in total. The van der Waals surface area contributed by atoms with Crippen molar-refractivity contribution in [2.75, 3.05) is 45.1 Å². The fourth-order valence-electron chi connectivity index (χ4n) is 4.39. The average molecular weight is 501 g/mol. The van der Waals surface area contributed by atoms with Crippen LogP contribution in [0.1, 0.15) is 50.5 Å². The van der Waals surface area contributed by atoms with Crippen molar-refractivity contribution in [3.8, 4) is 5.88 Å². The van der Waals surface area contributed by atoms with E-state index in [1.165, 1.54) is 17.2 Å². The maximum Gasteiger partial charge on any atom is 0.270 e. The molecule has 0 saturated carbocycles. The molecule has 1 fully saturated rings. The first-order valence-electron chi connectivity index (χ1n) is 12.3. The number of nitrogens with zero attached hydrogens (tertiary/aromatic N) is 2. The molecular formula is C27H37ClN4O3. The lowest BCUT2D eigenvalue weighted by Crippen LogP contribution is -2.40. The van der Waals surface area contributed by atoms with Gasteiger partial charge in [0.15, 0.2) is 0 Å². The molecule has 0 radical (unpaired) electrons. The van der Waals surface area contributed by atoms with Crippen LogP contribution in [0.5, 0.6) is 5.88 Å². The zero-order valence-corrected chi connectivity index (χ0v) is 21.8. The number of anilines is 1. The predicted molar refractivity (Wildman–Crippen MR) is 142 cm³/mol. The summed E-state index contributed by atoms with van der Waals surface area (Å²) in [7, 11) is 0. The Morgan fingerprint density at radius 3 is 2.77 bits per heavy atom. The van der Waals surface area contributed by atoms with Crippen LogP contribution >= 0.6 is 11.6 Å². The molecule has 1 aromatic heterocycles. The highest BCUT2D eigenvalue weighted by Gasteiger charge is 2.23. The largest absolute Gasteiger partial charge is 0.492 e. The molecule has 3 heterocycles. The van der Waals surface area contributed by atoms with E-state index in [1.807, 2.05) is 19.9 Å². The van der Waals surface area contributed by atoms with Crippen molar-refractivity contribution >= 4 is 23.2 Å². The summed E-state index contributed by atoms with van der Waals surface area (Å²) >= 11 is 6.11. The molecule has 0 aromatic carbocycles. The van der Waals surface area contributed by atoms with E-state index in [1.54, 1.807) is 0 Å². The summed E-state index contributed by atoms with van der Waals surface area (Å²) < 4.78 is 11.4. The van der Waals surface area contributed by atoms with Gasteiger partial charge in [-0.1, -0.05) is 37.3 Å². The van der Waals surface area contributed by atoms with Crippen molar-refractivity contribution in [1.29, 1.82) is 0 Å². The summed E-state index contributed by atoms with van der Waals surface area (Å²) in [6.45, 7) is 14.3. The number of rotatable bonds is 10.